The van der Waals surface area contributed by atoms with Crippen LogP contribution in [0, 0.1) is 6.92 Å². The van der Waals surface area contributed by atoms with Crippen molar-refractivity contribution in [3.63, 3.8) is 0 Å². The van der Waals surface area contributed by atoms with E-state index in [1.54, 1.807) is 30.3 Å². The van der Waals surface area contributed by atoms with E-state index >= 15 is 0 Å². The molecule has 25 heavy (non-hydrogen) atoms. The topological polar surface area (TPSA) is 47.6 Å². The quantitative estimate of drug-likeness (QED) is 0.674. The molecule has 2 aromatic rings. The van der Waals surface area contributed by atoms with Crippen molar-refractivity contribution in [3.8, 4) is 11.5 Å². The average Bonchev–Trinajstić information content (AvgIpc) is 2.61. The number of rotatable bonds is 8. The molecule has 0 fully saturated rings. The Morgan fingerprint density at radius 1 is 1.28 bits per heavy atom. The number of ether oxygens (including phenoxy) is 2. The predicted octanol–water partition coefficient (Wildman–Crippen LogP) is 5.01. The van der Waals surface area contributed by atoms with Crippen molar-refractivity contribution in [1.82, 2.24) is 0 Å². The van der Waals surface area contributed by atoms with Gasteiger partial charge in [-0.15, -0.1) is 0 Å². The first-order valence-electron chi connectivity index (χ1n) is 8.11. The third-order valence-electron chi connectivity index (χ3n) is 3.54. The zero-order valence-corrected chi connectivity index (χ0v) is 15.2. The summed E-state index contributed by atoms with van der Waals surface area (Å²) in [5, 5.41) is 3.53. The van der Waals surface area contributed by atoms with Crippen LogP contribution in [0.5, 0.6) is 11.5 Å². The van der Waals surface area contributed by atoms with E-state index < -0.39 is 6.10 Å². The minimum absolute atomic E-state index is 0.212. The molecule has 0 aliphatic heterocycles. The maximum absolute atomic E-state index is 12.5. The van der Waals surface area contributed by atoms with E-state index in [2.05, 4.69) is 11.9 Å². The van der Waals surface area contributed by atoms with Crippen molar-refractivity contribution < 1.29 is 14.3 Å². The van der Waals surface area contributed by atoms with E-state index in [0.717, 1.165) is 5.56 Å². The van der Waals surface area contributed by atoms with Gasteiger partial charge in [-0.25, -0.2) is 0 Å². The Labute approximate surface area is 153 Å². The second kappa shape index (κ2) is 9.14. The molecular formula is C20H22ClNO3. The molecule has 1 amide bonds. The molecule has 5 heteroatoms. The van der Waals surface area contributed by atoms with Crippen molar-refractivity contribution in [1.29, 1.82) is 0 Å². The van der Waals surface area contributed by atoms with Crippen LogP contribution in [0.1, 0.15) is 18.9 Å². The van der Waals surface area contributed by atoms with Crippen LogP contribution < -0.4 is 14.8 Å². The molecule has 0 heterocycles. The van der Waals surface area contributed by atoms with Crippen molar-refractivity contribution in [2.24, 2.45) is 0 Å². The van der Waals surface area contributed by atoms with Crippen LogP contribution in [-0.2, 0) is 4.79 Å². The average molecular weight is 360 g/mol. The van der Waals surface area contributed by atoms with Crippen LogP contribution in [0.3, 0.4) is 0 Å². The van der Waals surface area contributed by atoms with Crippen LogP contribution in [0.4, 0.5) is 5.69 Å². The van der Waals surface area contributed by atoms with Gasteiger partial charge in [-0.05, 0) is 49.2 Å². The number of benzene rings is 2. The summed E-state index contributed by atoms with van der Waals surface area (Å²) in [5.74, 6) is 1.07. The first kappa shape index (κ1) is 18.9. The summed E-state index contributed by atoms with van der Waals surface area (Å²) >= 11 is 6.02. The van der Waals surface area contributed by atoms with E-state index in [-0.39, 0.29) is 5.91 Å². The summed E-state index contributed by atoms with van der Waals surface area (Å²) in [6, 6.07) is 12.6. The molecule has 2 rings (SSSR count). The molecule has 0 unspecified atom stereocenters. The number of amides is 1. The Hall–Kier alpha value is -2.46. The molecule has 0 aliphatic carbocycles. The molecule has 132 valence electrons. The normalized spacial score (nSPS) is 11.5. The standard InChI is InChI=1S/C20H22ClNO3/c1-4-11-24-16-8-6-7-15(13-16)22-20(23)19(5-2)25-17-9-10-18(21)14(3)12-17/h4,6-10,12-13,19H,1,5,11H2,2-3H3,(H,22,23)/t19-/m0/s1. The largest absolute Gasteiger partial charge is 0.489 e. The van der Waals surface area contributed by atoms with Gasteiger partial charge in [-0.2, -0.15) is 0 Å². The highest BCUT2D eigenvalue weighted by Gasteiger charge is 2.19. The van der Waals surface area contributed by atoms with E-state index in [1.807, 2.05) is 32.0 Å². The van der Waals surface area contributed by atoms with Crippen molar-refractivity contribution in [2.45, 2.75) is 26.4 Å². The molecule has 0 aromatic heterocycles. The molecule has 0 spiro atoms. The van der Waals surface area contributed by atoms with Crippen molar-refractivity contribution in [3.05, 3.63) is 65.7 Å². The molecule has 0 bridgehead atoms. The number of carbonyl (C=O) groups excluding carboxylic acids is 1. The van der Waals surface area contributed by atoms with Gasteiger partial charge in [0.1, 0.15) is 18.1 Å². The molecule has 1 N–H and O–H groups in total. The van der Waals surface area contributed by atoms with Gasteiger partial charge in [-0.3, -0.25) is 4.79 Å². The molecule has 4 nitrogen and oxygen atoms in total. The van der Waals surface area contributed by atoms with Gasteiger partial charge < -0.3 is 14.8 Å². The van der Waals surface area contributed by atoms with Crippen LogP contribution in [-0.4, -0.2) is 18.6 Å². The maximum atomic E-state index is 12.5. The Morgan fingerprint density at radius 3 is 2.76 bits per heavy atom. The number of hydrogen-bond donors (Lipinski definition) is 1. The summed E-state index contributed by atoms with van der Waals surface area (Å²) in [6.07, 6.45) is 1.61. The molecule has 1 atom stereocenters. The van der Waals surface area contributed by atoms with Crippen LogP contribution in [0.2, 0.25) is 5.02 Å². The van der Waals surface area contributed by atoms with Gasteiger partial charge in [0, 0.05) is 16.8 Å². The second-order valence-electron chi connectivity index (χ2n) is 5.54. The van der Waals surface area contributed by atoms with Gasteiger partial charge in [-0.1, -0.05) is 37.2 Å². The summed E-state index contributed by atoms with van der Waals surface area (Å²) < 4.78 is 11.3. The number of anilines is 1. The van der Waals surface area contributed by atoms with E-state index in [0.29, 0.717) is 35.2 Å². The van der Waals surface area contributed by atoms with Crippen molar-refractivity contribution in [2.75, 3.05) is 11.9 Å². The third kappa shape index (κ3) is 5.54. The third-order valence-corrected chi connectivity index (χ3v) is 3.96. The number of carbonyl (C=O) groups is 1. The number of hydrogen-bond acceptors (Lipinski definition) is 3. The highest BCUT2D eigenvalue weighted by Crippen LogP contribution is 2.23. The minimum Gasteiger partial charge on any atom is -0.489 e. The fraction of sp³-hybridized carbons (Fsp3) is 0.250. The van der Waals surface area contributed by atoms with E-state index in [4.69, 9.17) is 21.1 Å². The summed E-state index contributed by atoms with van der Waals surface area (Å²) in [6.45, 7) is 7.82. The zero-order chi connectivity index (χ0) is 18.2. The fourth-order valence-corrected chi connectivity index (χ4v) is 2.34. The van der Waals surface area contributed by atoms with Crippen molar-refractivity contribution >= 4 is 23.2 Å². The second-order valence-corrected chi connectivity index (χ2v) is 5.95. The Kier molecular flexibility index (Phi) is 6.90. The summed E-state index contributed by atoms with van der Waals surface area (Å²) in [5.41, 5.74) is 1.56. The van der Waals surface area contributed by atoms with E-state index in [1.165, 1.54) is 0 Å². The zero-order valence-electron chi connectivity index (χ0n) is 14.4. The van der Waals surface area contributed by atoms with Gasteiger partial charge in [0.25, 0.3) is 5.91 Å². The number of halogens is 1. The lowest BCUT2D eigenvalue weighted by Gasteiger charge is -2.18. The van der Waals surface area contributed by atoms with Gasteiger partial charge in [0.15, 0.2) is 6.10 Å². The van der Waals surface area contributed by atoms with Gasteiger partial charge in [0.2, 0.25) is 0 Å². The Morgan fingerprint density at radius 2 is 2.08 bits per heavy atom. The Bertz CT molecular complexity index is 745. The number of aryl methyl sites for hydroxylation is 1. The first-order chi connectivity index (χ1) is 12.0. The SMILES string of the molecule is C=CCOc1cccc(NC(=O)[C@H](CC)Oc2ccc(Cl)c(C)c2)c1. The first-order valence-corrected chi connectivity index (χ1v) is 8.48. The summed E-state index contributed by atoms with van der Waals surface area (Å²) in [4.78, 5) is 12.5. The highest BCUT2D eigenvalue weighted by molar-refractivity contribution is 6.31. The maximum Gasteiger partial charge on any atom is 0.265 e. The lowest BCUT2D eigenvalue weighted by Crippen LogP contribution is -2.32. The molecule has 0 radical (unpaired) electrons. The molecular weight excluding hydrogens is 338 g/mol. The molecule has 0 saturated heterocycles. The minimum atomic E-state index is -0.599. The molecule has 2 aromatic carbocycles. The lowest BCUT2D eigenvalue weighted by atomic mass is 10.2. The predicted molar refractivity (Wildman–Crippen MR) is 102 cm³/mol. The van der Waals surface area contributed by atoms with Gasteiger partial charge >= 0.3 is 0 Å². The molecule has 0 saturated carbocycles. The highest BCUT2D eigenvalue weighted by atomic mass is 35.5. The van der Waals surface area contributed by atoms with Crippen LogP contribution in [0.15, 0.2) is 55.1 Å². The van der Waals surface area contributed by atoms with Crippen LogP contribution in [0.25, 0.3) is 0 Å². The fourth-order valence-electron chi connectivity index (χ4n) is 2.22. The summed E-state index contributed by atoms with van der Waals surface area (Å²) in [7, 11) is 0. The smallest absolute Gasteiger partial charge is 0.265 e. The number of nitrogens with one attached hydrogen (secondary N) is 1. The van der Waals surface area contributed by atoms with E-state index in [9.17, 15) is 4.79 Å². The Balaban J connectivity index is 2.04. The lowest BCUT2D eigenvalue weighted by molar-refractivity contribution is -0.122. The molecule has 0 aliphatic rings. The van der Waals surface area contributed by atoms with Crippen LogP contribution >= 0.6 is 11.6 Å². The van der Waals surface area contributed by atoms with Gasteiger partial charge in [0.05, 0.1) is 0 Å². The monoisotopic (exact) mass is 359 g/mol.